The molecule has 9 heteroatoms. The topological polar surface area (TPSA) is 110 Å². The lowest BCUT2D eigenvalue weighted by Crippen LogP contribution is -2.29. The summed E-state index contributed by atoms with van der Waals surface area (Å²) in [5.41, 5.74) is 0.975. The number of hydrogen-bond donors (Lipinski definition) is 1. The predicted octanol–water partition coefficient (Wildman–Crippen LogP) is 4.99. The Morgan fingerprint density at radius 2 is 1.61 bits per heavy atom. The first-order chi connectivity index (χ1) is 15.8. The molecule has 1 amide bonds. The second-order valence-corrected chi connectivity index (χ2v) is 8.14. The van der Waals surface area contributed by atoms with Crippen LogP contribution in [0.25, 0.3) is 5.76 Å². The van der Waals surface area contributed by atoms with Crippen molar-refractivity contribution in [1.82, 2.24) is 0 Å². The van der Waals surface area contributed by atoms with E-state index in [1.54, 1.807) is 48.5 Å². The average molecular weight is 509 g/mol. The summed E-state index contributed by atoms with van der Waals surface area (Å²) in [4.78, 5) is 38.0. The van der Waals surface area contributed by atoms with Crippen molar-refractivity contribution < 1.29 is 24.4 Å². The van der Waals surface area contributed by atoms with Crippen LogP contribution in [0.3, 0.4) is 0 Å². The summed E-state index contributed by atoms with van der Waals surface area (Å²) in [6.07, 6.45) is 0. The number of rotatable bonds is 5. The van der Waals surface area contributed by atoms with Gasteiger partial charge in [-0.25, -0.2) is 0 Å². The van der Waals surface area contributed by atoms with E-state index in [4.69, 9.17) is 4.74 Å². The Kier molecular flexibility index (Phi) is 5.97. The number of halogens is 1. The van der Waals surface area contributed by atoms with Crippen molar-refractivity contribution in [2.75, 3.05) is 12.0 Å². The van der Waals surface area contributed by atoms with E-state index in [1.165, 1.54) is 36.3 Å². The van der Waals surface area contributed by atoms with E-state index in [-0.39, 0.29) is 17.0 Å². The zero-order valence-corrected chi connectivity index (χ0v) is 18.9. The molecule has 1 N–H and O–H groups in total. The van der Waals surface area contributed by atoms with Crippen LogP contribution >= 0.6 is 15.9 Å². The van der Waals surface area contributed by atoms with Crippen LogP contribution < -0.4 is 9.64 Å². The van der Waals surface area contributed by atoms with Gasteiger partial charge in [0.2, 0.25) is 0 Å². The van der Waals surface area contributed by atoms with E-state index in [0.717, 1.165) is 4.47 Å². The van der Waals surface area contributed by atoms with Crippen LogP contribution in [0.4, 0.5) is 11.4 Å². The van der Waals surface area contributed by atoms with Crippen LogP contribution in [0.1, 0.15) is 17.2 Å². The van der Waals surface area contributed by atoms with Gasteiger partial charge in [-0.15, -0.1) is 0 Å². The standard InChI is InChI=1S/C24H17BrN2O6/c1-33-19-12-10-17(11-13-19)26-21(14-4-8-18(9-5-14)27(31)32)20(23(29)24(26)30)22(28)15-2-6-16(25)7-3-15/h2-13,21,28H,1H3/t21-/m0/s1. The number of nitro groups is 1. The maximum absolute atomic E-state index is 13.1. The Hall–Kier alpha value is -3.98. The number of ketones is 1. The molecule has 8 nitrogen and oxygen atoms in total. The second kappa shape index (κ2) is 8.87. The van der Waals surface area contributed by atoms with Crippen molar-refractivity contribution in [2.24, 2.45) is 0 Å². The Balaban J connectivity index is 1.91. The van der Waals surface area contributed by atoms with E-state index >= 15 is 0 Å². The van der Waals surface area contributed by atoms with Gasteiger partial charge in [0.15, 0.2) is 0 Å². The molecule has 3 aromatic rings. The summed E-state index contributed by atoms with van der Waals surface area (Å²) in [6.45, 7) is 0. The summed E-state index contributed by atoms with van der Waals surface area (Å²) in [6, 6.07) is 17.7. The number of non-ortho nitro benzene ring substituents is 1. The number of methoxy groups -OCH3 is 1. The molecule has 0 unspecified atom stereocenters. The molecule has 0 bridgehead atoms. The molecule has 0 spiro atoms. The maximum Gasteiger partial charge on any atom is 0.300 e. The highest BCUT2D eigenvalue weighted by molar-refractivity contribution is 9.10. The number of hydrogen-bond acceptors (Lipinski definition) is 6. The molecule has 166 valence electrons. The Morgan fingerprint density at radius 1 is 1.00 bits per heavy atom. The molecule has 1 heterocycles. The van der Waals surface area contributed by atoms with Crippen molar-refractivity contribution in [1.29, 1.82) is 0 Å². The summed E-state index contributed by atoms with van der Waals surface area (Å²) in [7, 11) is 1.51. The number of Topliss-reactive ketones (excluding diaryl/α,β-unsaturated/α-hetero) is 1. The van der Waals surface area contributed by atoms with Crippen molar-refractivity contribution in [3.05, 3.63) is 104 Å². The number of nitro benzene ring substituents is 1. The van der Waals surface area contributed by atoms with Gasteiger partial charge in [-0.05, 0) is 54.1 Å². The Morgan fingerprint density at radius 3 is 2.15 bits per heavy atom. The molecule has 0 radical (unpaired) electrons. The largest absolute Gasteiger partial charge is 0.507 e. The third kappa shape index (κ3) is 4.10. The smallest absolute Gasteiger partial charge is 0.300 e. The first kappa shape index (κ1) is 22.2. The van der Waals surface area contributed by atoms with Gasteiger partial charge in [-0.3, -0.25) is 24.6 Å². The van der Waals surface area contributed by atoms with Crippen molar-refractivity contribution in [2.45, 2.75) is 6.04 Å². The van der Waals surface area contributed by atoms with Crippen LogP contribution in [0.5, 0.6) is 5.75 Å². The molecule has 0 aliphatic carbocycles. The highest BCUT2D eigenvalue weighted by atomic mass is 79.9. The van der Waals surface area contributed by atoms with Gasteiger partial charge in [0.1, 0.15) is 11.5 Å². The number of aliphatic hydroxyl groups excluding tert-OH is 1. The zero-order valence-electron chi connectivity index (χ0n) is 17.3. The summed E-state index contributed by atoms with van der Waals surface area (Å²) >= 11 is 3.33. The fraction of sp³-hybridized carbons (Fsp3) is 0.0833. The van der Waals surface area contributed by atoms with E-state index in [1.807, 2.05) is 0 Å². The molecule has 1 aliphatic heterocycles. The van der Waals surface area contributed by atoms with E-state index in [9.17, 15) is 24.8 Å². The lowest BCUT2D eigenvalue weighted by atomic mass is 9.95. The number of anilines is 1. The second-order valence-electron chi connectivity index (χ2n) is 7.22. The maximum atomic E-state index is 13.1. The van der Waals surface area contributed by atoms with Gasteiger partial charge in [0.25, 0.3) is 17.4 Å². The molecular formula is C24H17BrN2O6. The first-order valence-corrected chi connectivity index (χ1v) is 10.6. The van der Waals surface area contributed by atoms with Gasteiger partial charge in [0.05, 0.1) is 23.6 Å². The normalized spacial score (nSPS) is 17.3. The first-order valence-electron chi connectivity index (χ1n) is 9.77. The highest BCUT2D eigenvalue weighted by Crippen LogP contribution is 2.42. The molecule has 3 aromatic carbocycles. The molecule has 0 saturated carbocycles. The third-order valence-electron chi connectivity index (χ3n) is 5.33. The Bertz CT molecular complexity index is 1270. The fourth-order valence-electron chi connectivity index (χ4n) is 3.70. The van der Waals surface area contributed by atoms with Crippen LogP contribution in [-0.2, 0) is 9.59 Å². The zero-order chi connectivity index (χ0) is 23.7. The van der Waals surface area contributed by atoms with Crippen LogP contribution in [0, 0.1) is 10.1 Å². The summed E-state index contributed by atoms with van der Waals surface area (Å²) < 4.78 is 5.95. The molecule has 1 atom stereocenters. The van der Waals surface area contributed by atoms with Crippen molar-refractivity contribution in [3.63, 3.8) is 0 Å². The molecular weight excluding hydrogens is 492 g/mol. The lowest BCUT2D eigenvalue weighted by molar-refractivity contribution is -0.384. The SMILES string of the molecule is COc1ccc(N2C(=O)C(=O)C(=C(O)c3ccc(Br)cc3)[C@@H]2c2ccc([N+](=O)[O-])cc2)cc1. The number of aliphatic hydroxyl groups is 1. The van der Waals surface area contributed by atoms with Crippen LogP contribution in [0.2, 0.25) is 0 Å². The summed E-state index contributed by atoms with van der Waals surface area (Å²) in [5.74, 6) is -1.44. The quantitative estimate of drug-likeness (QED) is 0.171. The Labute approximate surface area is 197 Å². The molecule has 1 aliphatic rings. The minimum atomic E-state index is -0.983. The van der Waals surface area contributed by atoms with Gasteiger partial charge >= 0.3 is 0 Å². The van der Waals surface area contributed by atoms with Gasteiger partial charge < -0.3 is 9.84 Å². The third-order valence-corrected chi connectivity index (χ3v) is 5.86. The minimum Gasteiger partial charge on any atom is -0.507 e. The van der Waals surface area contributed by atoms with E-state index in [0.29, 0.717) is 22.6 Å². The molecule has 33 heavy (non-hydrogen) atoms. The van der Waals surface area contributed by atoms with Crippen LogP contribution in [-0.4, -0.2) is 28.8 Å². The molecule has 0 aromatic heterocycles. The number of nitrogens with zero attached hydrogens (tertiary/aromatic N) is 2. The molecule has 1 fully saturated rings. The van der Waals surface area contributed by atoms with Crippen molar-refractivity contribution in [3.8, 4) is 5.75 Å². The summed E-state index contributed by atoms with van der Waals surface area (Å²) in [5, 5.41) is 22.1. The number of ether oxygens (including phenoxy) is 1. The van der Waals surface area contributed by atoms with Gasteiger partial charge in [-0.1, -0.05) is 28.1 Å². The van der Waals surface area contributed by atoms with Gasteiger partial charge in [-0.2, -0.15) is 0 Å². The number of carbonyl (C=O) groups is 2. The highest BCUT2D eigenvalue weighted by Gasteiger charge is 2.47. The van der Waals surface area contributed by atoms with Crippen LogP contribution in [0.15, 0.2) is 82.8 Å². The fourth-order valence-corrected chi connectivity index (χ4v) is 3.96. The lowest BCUT2D eigenvalue weighted by Gasteiger charge is -2.25. The van der Waals surface area contributed by atoms with E-state index < -0.39 is 22.7 Å². The predicted molar refractivity (Wildman–Crippen MR) is 125 cm³/mol. The molecule has 1 saturated heterocycles. The average Bonchev–Trinajstić information content (AvgIpc) is 3.09. The monoisotopic (exact) mass is 508 g/mol. The van der Waals surface area contributed by atoms with E-state index in [2.05, 4.69) is 15.9 Å². The number of carbonyl (C=O) groups excluding carboxylic acids is 2. The van der Waals surface area contributed by atoms with Gasteiger partial charge in [0, 0.05) is 27.9 Å². The number of amides is 1. The van der Waals surface area contributed by atoms with Crippen molar-refractivity contribution >= 4 is 44.8 Å². The minimum absolute atomic E-state index is 0.105. The molecule has 4 rings (SSSR count). The number of benzene rings is 3.